The van der Waals surface area contributed by atoms with E-state index < -0.39 is 0 Å². The number of hydrogen-bond acceptors (Lipinski definition) is 3. The molecule has 5 heteroatoms. The van der Waals surface area contributed by atoms with Gasteiger partial charge in [0.2, 0.25) is 0 Å². The fourth-order valence-corrected chi connectivity index (χ4v) is 1.77. The van der Waals surface area contributed by atoms with Crippen LogP contribution in [0.2, 0.25) is 0 Å². The maximum Gasteiger partial charge on any atom is 0.199 e. The van der Waals surface area contributed by atoms with Crippen molar-refractivity contribution < 1.29 is 4.74 Å². The number of ether oxygens (including phenoxy) is 1. The van der Waals surface area contributed by atoms with Crippen molar-refractivity contribution in [3.63, 3.8) is 0 Å². The Morgan fingerprint density at radius 3 is 2.71 bits per heavy atom. The fourth-order valence-electron chi connectivity index (χ4n) is 1.51. The molecule has 0 bridgehead atoms. The van der Waals surface area contributed by atoms with E-state index in [9.17, 15) is 0 Å². The van der Waals surface area contributed by atoms with Gasteiger partial charge in [0.05, 0.1) is 6.10 Å². The van der Waals surface area contributed by atoms with Crippen LogP contribution in [0.25, 0.3) is 5.69 Å². The second kappa shape index (κ2) is 5.25. The molecule has 0 saturated heterocycles. The number of benzene rings is 1. The molecule has 0 fully saturated rings. The van der Waals surface area contributed by atoms with Crippen LogP contribution >= 0.6 is 12.2 Å². The first-order chi connectivity index (χ1) is 8.18. The second-order valence-electron chi connectivity index (χ2n) is 3.98. The summed E-state index contributed by atoms with van der Waals surface area (Å²) in [6, 6.07) is 9.89. The van der Waals surface area contributed by atoms with Gasteiger partial charge in [-0.1, -0.05) is 18.2 Å². The van der Waals surface area contributed by atoms with Gasteiger partial charge < -0.3 is 4.74 Å². The molecule has 17 heavy (non-hydrogen) atoms. The molecule has 0 aliphatic heterocycles. The third-order valence-corrected chi connectivity index (χ3v) is 2.58. The maximum atomic E-state index is 5.55. The zero-order chi connectivity index (χ0) is 12.3. The Bertz CT molecular complexity index is 530. The summed E-state index contributed by atoms with van der Waals surface area (Å²) in [5, 5.41) is 6.98. The molecule has 0 spiro atoms. The molecule has 2 rings (SSSR count). The minimum atomic E-state index is 0.171. The molecule has 2 aromatic rings. The van der Waals surface area contributed by atoms with Gasteiger partial charge in [-0.3, -0.25) is 9.67 Å². The monoisotopic (exact) mass is 249 g/mol. The second-order valence-corrected chi connectivity index (χ2v) is 4.36. The number of nitrogens with one attached hydrogen (secondary N) is 1. The number of nitrogens with zero attached hydrogens (tertiary/aromatic N) is 2. The quantitative estimate of drug-likeness (QED) is 0.847. The van der Waals surface area contributed by atoms with Gasteiger partial charge in [0, 0.05) is 5.69 Å². The van der Waals surface area contributed by atoms with Crippen molar-refractivity contribution in [3.05, 3.63) is 40.9 Å². The summed E-state index contributed by atoms with van der Waals surface area (Å²) in [6.07, 6.45) is 0.171. The standard InChI is InChI=1S/C12H15N3OS/c1-9(2)16-8-11-13-14-12(17)15(11)10-6-4-3-5-7-10/h3-7,9H,8H2,1-2H3,(H,14,17). The number of H-pyrrole nitrogens is 1. The highest BCUT2D eigenvalue weighted by Crippen LogP contribution is 2.11. The largest absolute Gasteiger partial charge is 0.371 e. The molecule has 4 nitrogen and oxygen atoms in total. The van der Waals surface area contributed by atoms with E-state index in [1.165, 1.54) is 0 Å². The molecule has 1 heterocycles. The number of aromatic amines is 1. The van der Waals surface area contributed by atoms with Crippen molar-refractivity contribution in [1.82, 2.24) is 14.8 Å². The summed E-state index contributed by atoms with van der Waals surface area (Å²) >= 11 is 5.22. The van der Waals surface area contributed by atoms with Crippen LogP contribution in [-0.2, 0) is 11.3 Å². The van der Waals surface area contributed by atoms with Crippen LogP contribution < -0.4 is 0 Å². The van der Waals surface area contributed by atoms with Crippen LogP contribution in [0.1, 0.15) is 19.7 Å². The van der Waals surface area contributed by atoms with Gasteiger partial charge in [-0.25, -0.2) is 0 Å². The van der Waals surface area contributed by atoms with Gasteiger partial charge in [0.1, 0.15) is 6.61 Å². The zero-order valence-corrected chi connectivity index (χ0v) is 10.7. The first kappa shape index (κ1) is 12.0. The molecule has 0 aliphatic carbocycles. The van der Waals surface area contributed by atoms with Gasteiger partial charge in [0.25, 0.3) is 0 Å². The smallest absolute Gasteiger partial charge is 0.199 e. The molecule has 1 N–H and O–H groups in total. The Morgan fingerprint density at radius 1 is 1.35 bits per heavy atom. The van der Waals surface area contributed by atoms with Gasteiger partial charge in [-0.2, -0.15) is 5.10 Å². The van der Waals surface area contributed by atoms with Crippen molar-refractivity contribution in [2.45, 2.75) is 26.6 Å². The molecular weight excluding hydrogens is 234 g/mol. The lowest BCUT2D eigenvalue weighted by molar-refractivity contribution is 0.0604. The minimum Gasteiger partial charge on any atom is -0.371 e. The average molecular weight is 249 g/mol. The predicted octanol–water partition coefficient (Wildman–Crippen LogP) is 2.85. The third-order valence-electron chi connectivity index (χ3n) is 2.30. The van der Waals surface area contributed by atoms with Gasteiger partial charge >= 0.3 is 0 Å². The molecule has 1 aromatic heterocycles. The first-order valence-corrected chi connectivity index (χ1v) is 5.92. The van der Waals surface area contributed by atoms with E-state index in [0.717, 1.165) is 11.5 Å². The number of aromatic nitrogens is 3. The number of para-hydroxylation sites is 1. The van der Waals surface area contributed by atoms with E-state index in [1.54, 1.807) is 0 Å². The van der Waals surface area contributed by atoms with Gasteiger partial charge in [-0.05, 0) is 38.2 Å². The Hall–Kier alpha value is -1.46. The van der Waals surface area contributed by atoms with Crippen LogP contribution in [-0.4, -0.2) is 20.9 Å². The van der Waals surface area contributed by atoms with Gasteiger partial charge in [0.15, 0.2) is 10.6 Å². The number of hydrogen-bond donors (Lipinski definition) is 1. The van der Waals surface area contributed by atoms with Crippen molar-refractivity contribution in [3.8, 4) is 5.69 Å². The van der Waals surface area contributed by atoms with Crippen molar-refractivity contribution >= 4 is 12.2 Å². The van der Waals surface area contributed by atoms with E-state index in [1.807, 2.05) is 48.7 Å². The van der Waals surface area contributed by atoms with Gasteiger partial charge in [-0.15, -0.1) is 0 Å². The Morgan fingerprint density at radius 2 is 2.06 bits per heavy atom. The molecule has 0 atom stereocenters. The van der Waals surface area contributed by atoms with Crippen LogP contribution in [0.4, 0.5) is 0 Å². The van der Waals surface area contributed by atoms with Crippen LogP contribution in [0.15, 0.2) is 30.3 Å². The SMILES string of the molecule is CC(C)OCc1n[nH]c(=S)n1-c1ccccc1. The molecule has 0 radical (unpaired) electrons. The van der Waals surface area contributed by atoms with E-state index >= 15 is 0 Å². The summed E-state index contributed by atoms with van der Waals surface area (Å²) in [6.45, 7) is 4.43. The predicted molar refractivity (Wildman–Crippen MR) is 68.7 cm³/mol. The molecule has 0 saturated carbocycles. The lowest BCUT2D eigenvalue weighted by Crippen LogP contribution is -2.08. The summed E-state index contributed by atoms with van der Waals surface area (Å²) in [5.41, 5.74) is 0.994. The Kier molecular flexibility index (Phi) is 3.71. The highest BCUT2D eigenvalue weighted by molar-refractivity contribution is 7.71. The van der Waals surface area contributed by atoms with Crippen LogP contribution in [0.3, 0.4) is 0 Å². The third kappa shape index (κ3) is 2.81. The molecule has 1 aromatic carbocycles. The van der Waals surface area contributed by atoms with Crippen LogP contribution in [0.5, 0.6) is 0 Å². The van der Waals surface area contributed by atoms with E-state index in [2.05, 4.69) is 10.2 Å². The minimum absolute atomic E-state index is 0.171. The van der Waals surface area contributed by atoms with Crippen molar-refractivity contribution in [2.75, 3.05) is 0 Å². The average Bonchev–Trinajstić information content (AvgIpc) is 2.69. The van der Waals surface area contributed by atoms with Crippen molar-refractivity contribution in [2.24, 2.45) is 0 Å². The van der Waals surface area contributed by atoms with Crippen LogP contribution in [0, 0.1) is 4.77 Å². The maximum absolute atomic E-state index is 5.55. The molecule has 0 aliphatic rings. The normalized spacial score (nSPS) is 11.0. The fraction of sp³-hybridized carbons (Fsp3) is 0.333. The van der Waals surface area contributed by atoms with Crippen molar-refractivity contribution in [1.29, 1.82) is 0 Å². The zero-order valence-electron chi connectivity index (χ0n) is 9.88. The highest BCUT2D eigenvalue weighted by atomic mass is 32.1. The Labute approximate surface area is 105 Å². The van der Waals surface area contributed by atoms with E-state index in [-0.39, 0.29) is 6.10 Å². The summed E-state index contributed by atoms with van der Waals surface area (Å²) in [7, 11) is 0. The Balaban J connectivity index is 2.33. The molecule has 0 unspecified atom stereocenters. The molecule has 0 amide bonds. The summed E-state index contributed by atoms with van der Waals surface area (Å²) in [4.78, 5) is 0. The molecule has 90 valence electrons. The lowest BCUT2D eigenvalue weighted by atomic mass is 10.3. The highest BCUT2D eigenvalue weighted by Gasteiger charge is 2.08. The summed E-state index contributed by atoms with van der Waals surface area (Å²) < 4.78 is 8.02. The lowest BCUT2D eigenvalue weighted by Gasteiger charge is -2.09. The van der Waals surface area contributed by atoms with E-state index in [0.29, 0.717) is 11.4 Å². The summed E-state index contributed by atoms with van der Waals surface area (Å²) in [5.74, 6) is 0.787. The number of rotatable bonds is 4. The molecular formula is C12H15N3OS. The van der Waals surface area contributed by atoms with E-state index in [4.69, 9.17) is 17.0 Å². The first-order valence-electron chi connectivity index (χ1n) is 5.52. The topological polar surface area (TPSA) is 42.8 Å².